The van der Waals surface area contributed by atoms with E-state index in [2.05, 4.69) is 12.2 Å². The summed E-state index contributed by atoms with van der Waals surface area (Å²) in [7, 11) is 0. The van der Waals surface area contributed by atoms with Crippen LogP contribution in [0.2, 0.25) is 0 Å². The number of ether oxygens (including phenoxy) is 1. The summed E-state index contributed by atoms with van der Waals surface area (Å²) in [5.41, 5.74) is 1.22. The zero-order chi connectivity index (χ0) is 15.2. The molecular formula is C16H21NO4. The van der Waals surface area contributed by atoms with Gasteiger partial charge in [0.1, 0.15) is 5.75 Å². The monoisotopic (exact) mass is 291 g/mol. The Labute approximate surface area is 124 Å². The van der Waals surface area contributed by atoms with E-state index in [0.29, 0.717) is 25.0 Å². The van der Waals surface area contributed by atoms with Crippen molar-refractivity contribution in [3.05, 3.63) is 29.8 Å². The van der Waals surface area contributed by atoms with Crippen LogP contribution in [0.5, 0.6) is 5.75 Å². The van der Waals surface area contributed by atoms with Crippen LogP contribution in [0, 0.1) is 5.92 Å². The molecule has 0 aromatic heterocycles. The lowest BCUT2D eigenvalue weighted by molar-refractivity contribution is -0.141. The van der Waals surface area contributed by atoms with E-state index in [1.807, 2.05) is 24.3 Å². The first-order chi connectivity index (χ1) is 10.1. The molecule has 0 heterocycles. The molecule has 2 atom stereocenters. The average molecular weight is 291 g/mol. The van der Waals surface area contributed by atoms with Crippen molar-refractivity contribution >= 4 is 11.9 Å². The third-order valence-corrected chi connectivity index (χ3v) is 3.85. The molecule has 1 aromatic rings. The molecule has 5 nitrogen and oxygen atoms in total. The van der Waals surface area contributed by atoms with E-state index in [9.17, 15) is 9.59 Å². The lowest BCUT2D eigenvalue weighted by atomic mass is 10.1. The van der Waals surface area contributed by atoms with Gasteiger partial charge in [0, 0.05) is 6.04 Å². The molecule has 1 amide bonds. The van der Waals surface area contributed by atoms with Crippen molar-refractivity contribution < 1.29 is 19.4 Å². The minimum Gasteiger partial charge on any atom is -0.484 e. The number of benzene rings is 1. The minimum atomic E-state index is -0.779. The molecule has 0 aliphatic heterocycles. The Morgan fingerprint density at radius 1 is 1.29 bits per heavy atom. The van der Waals surface area contributed by atoms with Crippen molar-refractivity contribution in [3.8, 4) is 5.75 Å². The van der Waals surface area contributed by atoms with Crippen molar-refractivity contribution in [2.45, 2.75) is 38.6 Å². The molecule has 0 radical (unpaired) electrons. The lowest BCUT2D eigenvalue weighted by Crippen LogP contribution is -2.36. The molecule has 1 aliphatic carbocycles. The molecule has 0 saturated heterocycles. The number of carbonyl (C=O) groups is 2. The quantitative estimate of drug-likeness (QED) is 0.840. The maximum Gasteiger partial charge on any atom is 0.306 e. The number of carboxylic acid groups (broad SMARTS) is 1. The van der Waals surface area contributed by atoms with Crippen molar-refractivity contribution in [2.24, 2.45) is 5.92 Å². The van der Waals surface area contributed by atoms with E-state index in [1.54, 1.807) is 0 Å². The summed E-state index contributed by atoms with van der Waals surface area (Å²) in [5.74, 6) is -0.653. The third-order valence-electron chi connectivity index (χ3n) is 3.85. The summed E-state index contributed by atoms with van der Waals surface area (Å²) in [4.78, 5) is 22.6. The second-order valence-electron chi connectivity index (χ2n) is 5.40. The number of amides is 1. The Balaban J connectivity index is 1.73. The molecular weight excluding hydrogens is 270 g/mol. The van der Waals surface area contributed by atoms with Gasteiger partial charge >= 0.3 is 5.97 Å². The van der Waals surface area contributed by atoms with Crippen LogP contribution < -0.4 is 10.1 Å². The van der Waals surface area contributed by atoms with Crippen molar-refractivity contribution in [2.75, 3.05) is 6.61 Å². The van der Waals surface area contributed by atoms with Gasteiger partial charge in [-0.15, -0.1) is 0 Å². The highest BCUT2D eigenvalue weighted by molar-refractivity contribution is 5.78. The second kappa shape index (κ2) is 7.11. The standard InChI is InChI=1S/C16H21NO4/c1-2-11-3-7-14(8-4-11)21-10-15(18)17-13-6-5-12(9-13)16(19)20/h3-4,7-8,12-13H,2,5-6,9-10H2,1H3,(H,17,18)(H,19,20)/t12-,13+/m0/s1. The molecule has 2 N–H and O–H groups in total. The highest BCUT2D eigenvalue weighted by Gasteiger charge is 2.30. The molecule has 1 fully saturated rings. The number of carboxylic acids is 1. The first-order valence-electron chi connectivity index (χ1n) is 7.32. The molecule has 0 spiro atoms. The van der Waals surface area contributed by atoms with Gasteiger partial charge in [-0.1, -0.05) is 19.1 Å². The largest absolute Gasteiger partial charge is 0.484 e. The SMILES string of the molecule is CCc1ccc(OCC(=O)N[C@@H]2CC[C@H](C(=O)O)C2)cc1. The minimum absolute atomic E-state index is 0.0420. The first kappa shape index (κ1) is 15.4. The van der Waals surface area contributed by atoms with Crippen LogP contribution in [0.4, 0.5) is 0 Å². The Morgan fingerprint density at radius 3 is 2.57 bits per heavy atom. The van der Waals surface area contributed by atoms with Crippen LogP contribution >= 0.6 is 0 Å². The smallest absolute Gasteiger partial charge is 0.306 e. The van der Waals surface area contributed by atoms with E-state index in [1.165, 1.54) is 5.56 Å². The number of carbonyl (C=O) groups excluding carboxylic acids is 1. The highest BCUT2D eigenvalue weighted by atomic mass is 16.5. The van der Waals surface area contributed by atoms with Crippen LogP contribution in [-0.2, 0) is 16.0 Å². The fourth-order valence-electron chi connectivity index (χ4n) is 2.58. The summed E-state index contributed by atoms with van der Waals surface area (Å²) >= 11 is 0. The zero-order valence-corrected chi connectivity index (χ0v) is 12.2. The molecule has 1 aromatic carbocycles. The topological polar surface area (TPSA) is 75.6 Å². The number of rotatable bonds is 6. The van der Waals surface area contributed by atoms with E-state index >= 15 is 0 Å². The van der Waals surface area contributed by atoms with Gasteiger partial charge in [0.05, 0.1) is 5.92 Å². The van der Waals surface area contributed by atoms with Crippen LogP contribution in [-0.4, -0.2) is 29.6 Å². The lowest BCUT2D eigenvalue weighted by Gasteiger charge is -2.13. The van der Waals surface area contributed by atoms with Gasteiger partial charge in [-0.05, 0) is 43.4 Å². The molecule has 114 valence electrons. The third kappa shape index (κ3) is 4.48. The number of hydrogen-bond acceptors (Lipinski definition) is 3. The fraction of sp³-hybridized carbons (Fsp3) is 0.500. The van der Waals surface area contributed by atoms with Gasteiger partial charge in [-0.2, -0.15) is 0 Å². The molecule has 5 heteroatoms. The number of aliphatic carboxylic acids is 1. The van der Waals surface area contributed by atoms with Crippen molar-refractivity contribution in [3.63, 3.8) is 0 Å². The zero-order valence-electron chi connectivity index (χ0n) is 12.2. The summed E-state index contributed by atoms with van der Waals surface area (Å²) in [6.45, 7) is 2.04. The summed E-state index contributed by atoms with van der Waals surface area (Å²) < 4.78 is 5.42. The molecule has 2 rings (SSSR count). The summed E-state index contributed by atoms with van der Waals surface area (Å²) in [6, 6.07) is 7.60. The summed E-state index contributed by atoms with van der Waals surface area (Å²) in [5, 5.41) is 11.8. The first-order valence-corrected chi connectivity index (χ1v) is 7.32. The summed E-state index contributed by atoms with van der Waals surface area (Å²) in [6.07, 6.45) is 2.81. The van der Waals surface area contributed by atoms with Gasteiger partial charge < -0.3 is 15.2 Å². The van der Waals surface area contributed by atoms with Crippen molar-refractivity contribution in [1.82, 2.24) is 5.32 Å². The normalized spacial score (nSPS) is 21.0. The van der Waals surface area contributed by atoms with Gasteiger partial charge in [-0.25, -0.2) is 0 Å². The number of aryl methyl sites for hydroxylation is 1. The maximum absolute atomic E-state index is 11.8. The van der Waals surface area contributed by atoms with Gasteiger partial charge in [0.15, 0.2) is 6.61 Å². The molecule has 0 bridgehead atoms. The highest BCUT2D eigenvalue weighted by Crippen LogP contribution is 2.25. The second-order valence-corrected chi connectivity index (χ2v) is 5.40. The number of hydrogen-bond donors (Lipinski definition) is 2. The van der Waals surface area contributed by atoms with Crippen LogP contribution in [0.3, 0.4) is 0 Å². The maximum atomic E-state index is 11.8. The van der Waals surface area contributed by atoms with E-state index in [4.69, 9.17) is 9.84 Å². The van der Waals surface area contributed by atoms with Crippen LogP contribution in [0.15, 0.2) is 24.3 Å². The number of nitrogens with one attached hydrogen (secondary N) is 1. The van der Waals surface area contributed by atoms with Gasteiger partial charge in [0.25, 0.3) is 5.91 Å². The Morgan fingerprint density at radius 2 is 2.00 bits per heavy atom. The predicted molar refractivity (Wildman–Crippen MR) is 78.2 cm³/mol. The van der Waals surface area contributed by atoms with E-state index in [0.717, 1.165) is 6.42 Å². The van der Waals surface area contributed by atoms with Crippen LogP contribution in [0.1, 0.15) is 31.7 Å². The van der Waals surface area contributed by atoms with E-state index < -0.39 is 5.97 Å². The van der Waals surface area contributed by atoms with E-state index in [-0.39, 0.29) is 24.5 Å². The predicted octanol–water partition coefficient (Wildman–Crippen LogP) is 2.00. The molecule has 1 aliphatic rings. The average Bonchev–Trinajstić information content (AvgIpc) is 2.94. The molecule has 0 unspecified atom stereocenters. The Bertz CT molecular complexity index is 498. The Kier molecular flexibility index (Phi) is 5.20. The molecule has 1 saturated carbocycles. The van der Waals surface area contributed by atoms with Gasteiger partial charge in [-0.3, -0.25) is 9.59 Å². The molecule has 21 heavy (non-hydrogen) atoms. The van der Waals surface area contributed by atoms with Gasteiger partial charge in [0.2, 0.25) is 0 Å². The fourth-order valence-corrected chi connectivity index (χ4v) is 2.58. The van der Waals surface area contributed by atoms with Crippen molar-refractivity contribution in [1.29, 1.82) is 0 Å². The van der Waals surface area contributed by atoms with Crippen LogP contribution in [0.25, 0.3) is 0 Å². The Hall–Kier alpha value is -2.04.